The average molecular weight is 253 g/mol. The Labute approximate surface area is 109 Å². The summed E-state index contributed by atoms with van der Waals surface area (Å²) in [7, 11) is 3.99. The zero-order valence-corrected chi connectivity index (χ0v) is 11.3. The van der Waals surface area contributed by atoms with Gasteiger partial charge in [0.05, 0.1) is 0 Å². The smallest absolute Gasteiger partial charge is 0.235 e. The molecule has 1 fully saturated rings. The largest absolute Gasteiger partial charge is 0.355 e. The van der Waals surface area contributed by atoms with Crippen LogP contribution in [0.4, 0.5) is 0 Å². The van der Waals surface area contributed by atoms with Crippen molar-refractivity contribution in [3.8, 4) is 0 Å². The van der Waals surface area contributed by atoms with Gasteiger partial charge in [0.1, 0.15) is 5.41 Å². The standard InChI is InChI=1S/C13H23N3O2/c1-4-8-14-11(17)13(6-7-13)12(18)15-9-5-10-16(2)3/h4H,1,5-10H2,2-3H3,(H,14,17)(H,15,18). The van der Waals surface area contributed by atoms with Crippen molar-refractivity contribution in [3.05, 3.63) is 12.7 Å². The fourth-order valence-electron chi connectivity index (χ4n) is 1.78. The van der Waals surface area contributed by atoms with Crippen LogP contribution in [-0.2, 0) is 9.59 Å². The maximum Gasteiger partial charge on any atom is 0.235 e. The number of carbonyl (C=O) groups excluding carboxylic acids is 2. The molecule has 0 radical (unpaired) electrons. The van der Waals surface area contributed by atoms with E-state index < -0.39 is 5.41 Å². The van der Waals surface area contributed by atoms with E-state index in [9.17, 15) is 9.59 Å². The second kappa shape index (κ2) is 6.54. The van der Waals surface area contributed by atoms with Crippen LogP contribution >= 0.6 is 0 Å². The lowest BCUT2D eigenvalue weighted by molar-refractivity contribution is -0.137. The average Bonchev–Trinajstić information content (AvgIpc) is 3.12. The Morgan fingerprint density at radius 1 is 1.28 bits per heavy atom. The Bertz CT molecular complexity index is 322. The molecule has 1 saturated carbocycles. The lowest BCUT2D eigenvalue weighted by Crippen LogP contribution is -2.43. The van der Waals surface area contributed by atoms with E-state index in [4.69, 9.17) is 0 Å². The summed E-state index contributed by atoms with van der Waals surface area (Å²) in [5.74, 6) is -0.310. The van der Waals surface area contributed by atoms with Gasteiger partial charge in [-0.2, -0.15) is 0 Å². The highest BCUT2D eigenvalue weighted by molar-refractivity contribution is 6.07. The van der Waals surface area contributed by atoms with E-state index in [1.54, 1.807) is 6.08 Å². The van der Waals surface area contributed by atoms with Crippen LogP contribution in [0.2, 0.25) is 0 Å². The van der Waals surface area contributed by atoms with Gasteiger partial charge in [0.25, 0.3) is 0 Å². The highest BCUT2D eigenvalue weighted by Crippen LogP contribution is 2.46. The molecule has 0 aromatic rings. The lowest BCUT2D eigenvalue weighted by Gasteiger charge is -2.15. The normalized spacial score (nSPS) is 16.2. The highest BCUT2D eigenvalue weighted by Gasteiger charge is 2.56. The van der Waals surface area contributed by atoms with E-state index in [-0.39, 0.29) is 11.8 Å². The van der Waals surface area contributed by atoms with E-state index in [0.717, 1.165) is 13.0 Å². The first-order chi connectivity index (χ1) is 8.53. The van der Waals surface area contributed by atoms with Crippen LogP contribution in [-0.4, -0.2) is 50.4 Å². The topological polar surface area (TPSA) is 61.4 Å². The molecule has 0 saturated heterocycles. The number of rotatable bonds is 8. The summed E-state index contributed by atoms with van der Waals surface area (Å²) < 4.78 is 0. The Morgan fingerprint density at radius 2 is 1.89 bits per heavy atom. The number of hydrogen-bond acceptors (Lipinski definition) is 3. The van der Waals surface area contributed by atoms with Crippen molar-refractivity contribution in [2.45, 2.75) is 19.3 Å². The molecule has 0 bridgehead atoms. The van der Waals surface area contributed by atoms with Gasteiger partial charge in [0.15, 0.2) is 0 Å². The van der Waals surface area contributed by atoms with Gasteiger partial charge >= 0.3 is 0 Å². The lowest BCUT2D eigenvalue weighted by atomic mass is 10.1. The molecular formula is C13H23N3O2. The number of nitrogens with one attached hydrogen (secondary N) is 2. The van der Waals surface area contributed by atoms with E-state index in [1.165, 1.54) is 0 Å². The van der Waals surface area contributed by atoms with Crippen molar-refractivity contribution >= 4 is 11.8 Å². The molecule has 0 aliphatic heterocycles. The van der Waals surface area contributed by atoms with E-state index in [1.807, 2.05) is 14.1 Å². The fraction of sp³-hybridized carbons (Fsp3) is 0.692. The molecule has 0 atom stereocenters. The van der Waals surface area contributed by atoms with Crippen LogP contribution in [0, 0.1) is 5.41 Å². The SMILES string of the molecule is C=CCNC(=O)C1(C(=O)NCCCN(C)C)CC1. The van der Waals surface area contributed by atoms with E-state index in [0.29, 0.717) is 25.9 Å². The first-order valence-electron chi connectivity index (χ1n) is 6.35. The maximum absolute atomic E-state index is 12.0. The molecule has 0 spiro atoms. The number of nitrogens with zero attached hydrogens (tertiary/aromatic N) is 1. The fourth-order valence-corrected chi connectivity index (χ4v) is 1.78. The minimum absolute atomic E-state index is 0.136. The molecule has 5 nitrogen and oxygen atoms in total. The summed E-state index contributed by atoms with van der Waals surface area (Å²) in [6.07, 6.45) is 3.80. The molecule has 1 aliphatic carbocycles. The van der Waals surface area contributed by atoms with Gasteiger partial charge in [-0.3, -0.25) is 9.59 Å². The van der Waals surface area contributed by atoms with Gasteiger partial charge < -0.3 is 15.5 Å². The van der Waals surface area contributed by atoms with Crippen molar-refractivity contribution in [1.29, 1.82) is 0 Å². The third-order valence-corrected chi connectivity index (χ3v) is 3.09. The zero-order chi connectivity index (χ0) is 13.6. The third kappa shape index (κ3) is 3.84. The van der Waals surface area contributed by atoms with E-state index >= 15 is 0 Å². The van der Waals surface area contributed by atoms with E-state index in [2.05, 4.69) is 22.1 Å². The second-order valence-electron chi connectivity index (χ2n) is 4.99. The first-order valence-corrected chi connectivity index (χ1v) is 6.35. The van der Waals surface area contributed by atoms with Gasteiger partial charge in [-0.05, 0) is 39.9 Å². The summed E-state index contributed by atoms with van der Waals surface area (Å²) in [5, 5.41) is 5.54. The van der Waals surface area contributed by atoms with Gasteiger partial charge in [-0.15, -0.1) is 6.58 Å². The van der Waals surface area contributed by atoms with Gasteiger partial charge in [-0.25, -0.2) is 0 Å². The molecular weight excluding hydrogens is 230 g/mol. The Kier molecular flexibility index (Phi) is 5.34. The van der Waals surface area contributed by atoms with Crippen LogP contribution in [0.1, 0.15) is 19.3 Å². The first kappa shape index (κ1) is 14.7. The monoisotopic (exact) mass is 253 g/mol. The summed E-state index contributed by atoms with van der Waals surface area (Å²) in [4.78, 5) is 25.9. The molecule has 5 heteroatoms. The Morgan fingerprint density at radius 3 is 2.39 bits per heavy atom. The minimum atomic E-state index is -0.804. The van der Waals surface area contributed by atoms with Gasteiger partial charge in [0, 0.05) is 13.1 Å². The zero-order valence-electron chi connectivity index (χ0n) is 11.3. The quantitative estimate of drug-likeness (QED) is 0.367. The Balaban J connectivity index is 2.32. The predicted molar refractivity (Wildman–Crippen MR) is 71.1 cm³/mol. The van der Waals surface area contributed by atoms with Crippen LogP contribution in [0.25, 0.3) is 0 Å². The Hall–Kier alpha value is -1.36. The van der Waals surface area contributed by atoms with Crippen molar-refractivity contribution in [2.75, 3.05) is 33.7 Å². The molecule has 2 N–H and O–H groups in total. The highest BCUT2D eigenvalue weighted by atomic mass is 16.2. The van der Waals surface area contributed by atoms with Crippen molar-refractivity contribution in [3.63, 3.8) is 0 Å². The molecule has 1 aliphatic rings. The molecule has 0 aromatic heterocycles. The summed E-state index contributed by atoms with van der Waals surface area (Å²) in [6.45, 7) is 5.49. The second-order valence-corrected chi connectivity index (χ2v) is 4.99. The van der Waals surface area contributed by atoms with Crippen molar-refractivity contribution in [2.24, 2.45) is 5.41 Å². The predicted octanol–water partition coefficient (Wildman–Crippen LogP) is 0.137. The summed E-state index contributed by atoms with van der Waals surface area (Å²) >= 11 is 0. The van der Waals surface area contributed by atoms with Crippen LogP contribution in [0.3, 0.4) is 0 Å². The van der Waals surface area contributed by atoms with Crippen LogP contribution in [0.15, 0.2) is 12.7 Å². The molecule has 102 valence electrons. The number of hydrogen-bond donors (Lipinski definition) is 2. The molecule has 2 amide bonds. The van der Waals surface area contributed by atoms with Crippen molar-refractivity contribution in [1.82, 2.24) is 15.5 Å². The van der Waals surface area contributed by atoms with Crippen molar-refractivity contribution < 1.29 is 9.59 Å². The van der Waals surface area contributed by atoms with Gasteiger partial charge in [0.2, 0.25) is 11.8 Å². The van der Waals surface area contributed by atoms with Crippen LogP contribution in [0.5, 0.6) is 0 Å². The number of amides is 2. The minimum Gasteiger partial charge on any atom is -0.355 e. The maximum atomic E-state index is 12.0. The molecule has 0 heterocycles. The molecule has 1 rings (SSSR count). The summed E-state index contributed by atoms with van der Waals surface area (Å²) in [6, 6.07) is 0. The molecule has 0 unspecified atom stereocenters. The summed E-state index contributed by atoms with van der Waals surface area (Å²) in [5.41, 5.74) is -0.804. The molecule has 18 heavy (non-hydrogen) atoms. The van der Waals surface area contributed by atoms with Gasteiger partial charge in [-0.1, -0.05) is 6.08 Å². The molecule has 0 aromatic carbocycles. The van der Waals surface area contributed by atoms with Crippen LogP contribution < -0.4 is 10.6 Å². The third-order valence-electron chi connectivity index (χ3n) is 3.09. The number of carbonyl (C=O) groups is 2.